The summed E-state index contributed by atoms with van der Waals surface area (Å²) in [6.45, 7) is 0. The Balaban J connectivity index is 3.16. The van der Waals surface area contributed by atoms with Crippen LogP contribution in [0.15, 0.2) is 18.2 Å². The minimum absolute atomic E-state index is 0.386. The average Bonchev–Trinajstić information content (AvgIpc) is 2.04. The van der Waals surface area contributed by atoms with E-state index in [-0.39, 0.29) is 0 Å². The van der Waals surface area contributed by atoms with Crippen molar-refractivity contribution in [2.24, 2.45) is 0 Å². The average molecular weight is 170 g/mol. The molecule has 0 atom stereocenters. The third-order valence-corrected chi connectivity index (χ3v) is 1.51. The zero-order valence-corrected chi connectivity index (χ0v) is 6.68. The minimum Gasteiger partial charge on any atom is -0.496 e. The van der Waals surface area contributed by atoms with Gasteiger partial charge in [0.2, 0.25) is 6.29 Å². The van der Waals surface area contributed by atoms with Crippen molar-refractivity contribution < 1.29 is 9.53 Å². The molecule has 11 heavy (non-hydrogen) atoms. The SMILES string of the molecule is COc1cc(Cl)ccc1[C]=O. The number of halogens is 1. The Kier molecular flexibility index (Phi) is 2.49. The van der Waals surface area contributed by atoms with Gasteiger partial charge in [-0.05, 0) is 18.2 Å². The van der Waals surface area contributed by atoms with E-state index in [9.17, 15) is 4.79 Å². The van der Waals surface area contributed by atoms with E-state index in [1.807, 2.05) is 0 Å². The topological polar surface area (TPSA) is 26.3 Å². The van der Waals surface area contributed by atoms with Crippen molar-refractivity contribution in [2.75, 3.05) is 7.11 Å². The Hall–Kier alpha value is -1.02. The molecule has 0 fully saturated rings. The molecule has 1 aromatic carbocycles. The van der Waals surface area contributed by atoms with E-state index in [4.69, 9.17) is 16.3 Å². The number of hydrogen-bond donors (Lipinski definition) is 0. The molecule has 0 aliphatic heterocycles. The van der Waals surface area contributed by atoms with Gasteiger partial charge in [0.1, 0.15) is 5.75 Å². The van der Waals surface area contributed by atoms with Crippen LogP contribution < -0.4 is 4.74 Å². The molecule has 0 bridgehead atoms. The summed E-state index contributed by atoms with van der Waals surface area (Å²) in [5, 5.41) is 0.542. The summed E-state index contributed by atoms with van der Waals surface area (Å²) < 4.78 is 4.87. The normalized spacial score (nSPS) is 9.27. The van der Waals surface area contributed by atoms with Gasteiger partial charge < -0.3 is 4.74 Å². The standard InChI is InChI=1S/C8H6ClO2/c1-11-8-4-7(9)3-2-6(8)5-10/h2-4H,1H3. The van der Waals surface area contributed by atoms with Gasteiger partial charge in [0.05, 0.1) is 12.7 Å². The fraction of sp³-hybridized carbons (Fsp3) is 0.125. The van der Waals surface area contributed by atoms with Crippen molar-refractivity contribution in [1.82, 2.24) is 0 Å². The number of hydrogen-bond acceptors (Lipinski definition) is 2. The molecule has 0 heterocycles. The predicted octanol–water partition coefficient (Wildman–Crippen LogP) is 1.81. The molecule has 0 unspecified atom stereocenters. The molecule has 0 aromatic heterocycles. The van der Waals surface area contributed by atoms with Crippen molar-refractivity contribution in [2.45, 2.75) is 0 Å². The van der Waals surface area contributed by atoms with E-state index in [1.165, 1.54) is 7.11 Å². The maximum Gasteiger partial charge on any atom is 0.237 e. The lowest BCUT2D eigenvalue weighted by Gasteiger charge is -2.01. The molecule has 1 aromatic rings. The molecule has 0 saturated carbocycles. The van der Waals surface area contributed by atoms with Gasteiger partial charge in [-0.25, -0.2) is 0 Å². The fourth-order valence-corrected chi connectivity index (χ4v) is 0.911. The number of carbonyl (C=O) groups excluding carboxylic acids is 1. The van der Waals surface area contributed by atoms with E-state index >= 15 is 0 Å². The van der Waals surface area contributed by atoms with Crippen LogP contribution in [0.3, 0.4) is 0 Å². The Morgan fingerprint density at radius 1 is 1.55 bits per heavy atom. The van der Waals surface area contributed by atoms with E-state index < -0.39 is 0 Å². The Labute approximate surface area is 69.7 Å². The predicted molar refractivity (Wildman–Crippen MR) is 42.8 cm³/mol. The monoisotopic (exact) mass is 169 g/mol. The van der Waals surface area contributed by atoms with Crippen LogP contribution in [0.2, 0.25) is 5.02 Å². The summed E-state index contributed by atoms with van der Waals surface area (Å²) in [6, 6.07) is 4.75. The highest BCUT2D eigenvalue weighted by atomic mass is 35.5. The van der Waals surface area contributed by atoms with Gasteiger partial charge in [0.15, 0.2) is 0 Å². The number of methoxy groups -OCH3 is 1. The molecule has 1 rings (SSSR count). The van der Waals surface area contributed by atoms with E-state index in [1.54, 1.807) is 24.5 Å². The Morgan fingerprint density at radius 3 is 2.82 bits per heavy atom. The van der Waals surface area contributed by atoms with E-state index in [0.717, 1.165) is 0 Å². The van der Waals surface area contributed by atoms with Gasteiger partial charge in [-0.1, -0.05) is 11.6 Å². The van der Waals surface area contributed by atoms with E-state index in [2.05, 4.69) is 0 Å². The fourth-order valence-electron chi connectivity index (χ4n) is 0.749. The minimum atomic E-state index is 0.386. The number of ether oxygens (including phenoxy) is 1. The Bertz CT molecular complexity index is 271. The summed E-state index contributed by atoms with van der Waals surface area (Å²) in [5.41, 5.74) is 0.386. The van der Waals surface area contributed by atoms with Crippen LogP contribution in [-0.2, 0) is 4.79 Å². The van der Waals surface area contributed by atoms with Crippen LogP contribution >= 0.6 is 11.6 Å². The molecule has 57 valence electrons. The highest BCUT2D eigenvalue weighted by Gasteiger charge is 2.01. The molecule has 0 aliphatic carbocycles. The quantitative estimate of drug-likeness (QED) is 0.675. The van der Waals surface area contributed by atoms with Crippen LogP contribution in [0.4, 0.5) is 0 Å². The highest BCUT2D eigenvalue weighted by Crippen LogP contribution is 2.20. The van der Waals surface area contributed by atoms with Crippen molar-refractivity contribution in [3.63, 3.8) is 0 Å². The van der Waals surface area contributed by atoms with Crippen molar-refractivity contribution in [1.29, 1.82) is 0 Å². The summed E-state index contributed by atoms with van der Waals surface area (Å²) in [5.74, 6) is 0.451. The molecule has 0 amide bonds. The maximum atomic E-state index is 10.2. The number of rotatable bonds is 2. The lowest BCUT2D eigenvalue weighted by molar-refractivity contribution is 0.413. The summed E-state index contributed by atoms with van der Waals surface area (Å²) in [4.78, 5) is 10.2. The largest absolute Gasteiger partial charge is 0.496 e. The lowest BCUT2D eigenvalue weighted by atomic mass is 10.2. The first-order chi connectivity index (χ1) is 5.27. The molecule has 0 spiro atoms. The van der Waals surface area contributed by atoms with Crippen molar-refractivity contribution in [3.8, 4) is 5.75 Å². The third-order valence-electron chi connectivity index (χ3n) is 1.27. The first-order valence-corrected chi connectivity index (χ1v) is 3.37. The summed E-state index contributed by atoms with van der Waals surface area (Å²) >= 11 is 5.64. The maximum absolute atomic E-state index is 10.2. The van der Waals surface area contributed by atoms with E-state index in [0.29, 0.717) is 16.3 Å². The second-order valence-electron chi connectivity index (χ2n) is 1.95. The lowest BCUT2D eigenvalue weighted by Crippen LogP contribution is -1.89. The Morgan fingerprint density at radius 2 is 2.27 bits per heavy atom. The molecule has 1 radical (unpaired) electrons. The second kappa shape index (κ2) is 3.39. The molecule has 0 aliphatic rings. The smallest absolute Gasteiger partial charge is 0.237 e. The first-order valence-electron chi connectivity index (χ1n) is 2.99. The van der Waals surface area contributed by atoms with Gasteiger partial charge >= 0.3 is 0 Å². The highest BCUT2D eigenvalue weighted by molar-refractivity contribution is 6.30. The zero-order chi connectivity index (χ0) is 8.27. The van der Waals surface area contributed by atoms with Gasteiger partial charge in [-0.15, -0.1) is 0 Å². The van der Waals surface area contributed by atoms with Gasteiger partial charge in [0.25, 0.3) is 0 Å². The molecule has 0 saturated heterocycles. The van der Waals surface area contributed by atoms with Crippen LogP contribution in [0, 0.1) is 0 Å². The molecular weight excluding hydrogens is 164 g/mol. The summed E-state index contributed by atoms with van der Waals surface area (Å²) in [7, 11) is 1.48. The molecule has 3 heteroatoms. The van der Waals surface area contributed by atoms with Gasteiger partial charge in [-0.3, -0.25) is 4.79 Å². The first kappa shape index (κ1) is 8.08. The van der Waals surface area contributed by atoms with Crippen LogP contribution in [0.25, 0.3) is 0 Å². The molecule has 2 nitrogen and oxygen atoms in total. The van der Waals surface area contributed by atoms with Crippen molar-refractivity contribution in [3.05, 3.63) is 28.8 Å². The third kappa shape index (κ3) is 1.71. The molecule has 0 N–H and O–H groups in total. The van der Waals surface area contributed by atoms with Crippen molar-refractivity contribution >= 4 is 17.9 Å². The summed E-state index contributed by atoms with van der Waals surface area (Å²) in [6.07, 6.45) is 1.74. The van der Waals surface area contributed by atoms with Crippen LogP contribution in [0.1, 0.15) is 5.56 Å². The second-order valence-corrected chi connectivity index (χ2v) is 2.38. The van der Waals surface area contributed by atoms with Gasteiger partial charge in [-0.2, -0.15) is 0 Å². The zero-order valence-electron chi connectivity index (χ0n) is 5.93. The van der Waals surface area contributed by atoms with Crippen LogP contribution in [0.5, 0.6) is 5.75 Å². The number of benzene rings is 1. The van der Waals surface area contributed by atoms with Crippen LogP contribution in [-0.4, -0.2) is 13.4 Å². The molecular formula is C8H6ClO2. The van der Waals surface area contributed by atoms with Gasteiger partial charge in [0, 0.05) is 5.02 Å².